The topological polar surface area (TPSA) is 24.5 Å². The van der Waals surface area contributed by atoms with Crippen molar-refractivity contribution in [3.8, 4) is 0 Å². The van der Waals surface area contributed by atoms with E-state index in [1.54, 1.807) is 7.11 Å². The minimum atomic E-state index is 0.193. The quantitative estimate of drug-likeness (QED) is 0.688. The van der Waals surface area contributed by atoms with E-state index in [-0.39, 0.29) is 5.54 Å². The van der Waals surface area contributed by atoms with Crippen LogP contribution in [0.15, 0.2) is 0 Å². The largest absolute Gasteiger partial charge is 0.383 e. The van der Waals surface area contributed by atoms with Gasteiger partial charge in [0, 0.05) is 38.3 Å². The van der Waals surface area contributed by atoms with Crippen molar-refractivity contribution in [2.24, 2.45) is 5.92 Å². The van der Waals surface area contributed by atoms with Crippen LogP contribution in [0.3, 0.4) is 0 Å². The van der Waals surface area contributed by atoms with E-state index in [0.717, 1.165) is 26.2 Å². The van der Waals surface area contributed by atoms with Crippen molar-refractivity contribution in [1.82, 2.24) is 10.2 Å². The molecule has 0 saturated heterocycles. The number of methoxy groups -OCH3 is 1. The highest BCUT2D eigenvalue weighted by Gasteiger charge is 2.19. The number of nitrogens with one attached hydrogen (secondary N) is 1. The van der Waals surface area contributed by atoms with Crippen molar-refractivity contribution in [2.75, 3.05) is 33.4 Å². The van der Waals surface area contributed by atoms with Gasteiger partial charge >= 0.3 is 0 Å². The zero-order valence-electron chi connectivity index (χ0n) is 13.5. The van der Waals surface area contributed by atoms with E-state index in [1.807, 2.05) is 0 Å². The zero-order valence-corrected chi connectivity index (χ0v) is 13.5. The minimum absolute atomic E-state index is 0.193. The molecule has 0 spiro atoms. The molecule has 110 valence electrons. The second kappa shape index (κ2) is 8.89. The van der Waals surface area contributed by atoms with Crippen molar-refractivity contribution in [2.45, 2.75) is 59.5 Å². The molecule has 0 amide bonds. The fourth-order valence-corrected chi connectivity index (χ4v) is 2.06. The molecule has 0 fully saturated rings. The molecule has 0 aliphatic heterocycles. The molecular formula is C15H34N2O. The Morgan fingerprint density at radius 1 is 1.22 bits per heavy atom. The van der Waals surface area contributed by atoms with E-state index in [0.29, 0.717) is 12.0 Å². The van der Waals surface area contributed by atoms with Gasteiger partial charge in [-0.1, -0.05) is 20.8 Å². The predicted octanol–water partition coefficient (Wildman–Crippen LogP) is 2.76. The lowest BCUT2D eigenvalue weighted by Crippen LogP contribution is -2.49. The van der Waals surface area contributed by atoms with E-state index in [2.05, 4.69) is 51.8 Å². The van der Waals surface area contributed by atoms with Crippen LogP contribution in [0.5, 0.6) is 0 Å². The van der Waals surface area contributed by atoms with Gasteiger partial charge in [-0.15, -0.1) is 0 Å². The Labute approximate surface area is 114 Å². The average molecular weight is 258 g/mol. The highest BCUT2D eigenvalue weighted by Crippen LogP contribution is 2.09. The van der Waals surface area contributed by atoms with E-state index in [9.17, 15) is 0 Å². The van der Waals surface area contributed by atoms with Gasteiger partial charge in [-0.3, -0.25) is 4.90 Å². The van der Waals surface area contributed by atoms with E-state index in [1.165, 1.54) is 6.42 Å². The zero-order chi connectivity index (χ0) is 14.2. The van der Waals surface area contributed by atoms with Gasteiger partial charge in [0.2, 0.25) is 0 Å². The molecule has 0 aliphatic rings. The second-order valence-corrected chi connectivity index (χ2v) is 6.57. The summed E-state index contributed by atoms with van der Waals surface area (Å²) in [5, 5.41) is 3.62. The standard InChI is InChI=1S/C15H34N2O/c1-8-14(11-16-15(4,5)6)17(9-10-18-7)12-13(2)3/h13-14,16H,8-12H2,1-7H3. The summed E-state index contributed by atoms with van der Waals surface area (Å²) < 4.78 is 5.23. The SMILES string of the molecule is CCC(CNC(C)(C)C)N(CCOC)CC(C)C. The van der Waals surface area contributed by atoms with Crippen molar-refractivity contribution in [1.29, 1.82) is 0 Å². The van der Waals surface area contributed by atoms with Crippen LogP contribution in [0.1, 0.15) is 48.0 Å². The van der Waals surface area contributed by atoms with Crippen LogP contribution in [-0.4, -0.2) is 49.8 Å². The number of hydrogen-bond acceptors (Lipinski definition) is 3. The normalized spacial score (nSPS) is 14.5. The smallest absolute Gasteiger partial charge is 0.0589 e. The summed E-state index contributed by atoms with van der Waals surface area (Å²) in [5.41, 5.74) is 0.193. The Hall–Kier alpha value is -0.120. The fraction of sp³-hybridized carbons (Fsp3) is 1.00. The Balaban J connectivity index is 4.39. The molecule has 0 radical (unpaired) electrons. The Kier molecular flexibility index (Phi) is 8.83. The van der Waals surface area contributed by atoms with Gasteiger partial charge in [0.25, 0.3) is 0 Å². The van der Waals surface area contributed by atoms with Crippen LogP contribution in [0.25, 0.3) is 0 Å². The summed E-state index contributed by atoms with van der Waals surface area (Å²) in [6.07, 6.45) is 1.18. The summed E-state index contributed by atoms with van der Waals surface area (Å²) >= 11 is 0. The number of nitrogens with zero attached hydrogens (tertiary/aromatic N) is 1. The fourth-order valence-electron chi connectivity index (χ4n) is 2.06. The molecule has 0 aromatic rings. The molecule has 0 bridgehead atoms. The maximum Gasteiger partial charge on any atom is 0.0589 e. The maximum atomic E-state index is 5.23. The van der Waals surface area contributed by atoms with Crippen molar-refractivity contribution in [3.05, 3.63) is 0 Å². The monoisotopic (exact) mass is 258 g/mol. The summed E-state index contributed by atoms with van der Waals surface area (Å²) in [5.74, 6) is 0.700. The van der Waals surface area contributed by atoms with Crippen LogP contribution < -0.4 is 5.32 Å². The molecule has 3 nitrogen and oxygen atoms in total. The number of rotatable bonds is 9. The lowest BCUT2D eigenvalue weighted by molar-refractivity contribution is 0.104. The van der Waals surface area contributed by atoms with Gasteiger partial charge in [-0.25, -0.2) is 0 Å². The lowest BCUT2D eigenvalue weighted by atomic mass is 10.1. The molecule has 1 atom stereocenters. The molecule has 1 unspecified atom stereocenters. The van der Waals surface area contributed by atoms with Crippen LogP contribution in [-0.2, 0) is 4.74 Å². The van der Waals surface area contributed by atoms with Gasteiger partial charge in [-0.05, 0) is 33.1 Å². The van der Waals surface area contributed by atoms with Crippen LogP contribution in [0, 0.1) is 5.92 Å². The molecule has 0 aromatic heterocycles. The Morgan fingerprint density at radius 2 is 1.83 bits per heavy atom. The van der Waals surface area contributed by atoms with E-state index in [4.69, 9.17) is 4.74 Å². The molecular weight excluding hydrogens is 224 g/mol. The average Bonchev–Trinajstić information content (AvgIpc) is 2.24. The molecule has 18 heavy (non-hydrogen) atoms. The second-order valence-electron chi connectivity index (χ2n) is 6.57. The summed E-state index contributed by atoms with van der Waals surface area (Å²) in [4.78, 5) is 2.56. The number of hydrogen-bond donors (Lipinski definition) is 1. The molecule has 0 saturated carbocycles. The highest BCUT2D eigenvalue weighted by molar-refractivity contribution is 4.79. The third kappa shape index (κ3) is 8.90. The van der Waals surface area contributed by atoms with Gasteiger partial charge in [0.1, 0.15) is 0 Å². The molecule has 1 N–H and O–H groups in total. The van der Waals surface area contributed by atoms with Gasteiger partial charge < -0.3 is 10.1 Å². The predicted molar refractivity (Wildman–Crippen MR) is 80.1 cm³/mol. The van der Waals surface area contributed by atoms with Gasteiger partial charge in [0.15, 0.2) is 0 Å². The third-order valence-corrected chi connectivity index (χ3v) is 3.04. The molecule has 0 aromatic carbocycles. The van der Waals surface area contributed by atoms with Crippen LogP contribution in [0.4, 0.5) is 0 Å². The molecule has 0 rings (SSSR count). The first-order valence-electron chi connectivity index (χ1n) is 7.28. The summed E-state index contributed by atoms with van der Waals surface area (Å²) in [6, 6.07) is 0.599. The first-order chi connectivity index (χ1) is 8.30. The molecule has 0 aliphatic carbocycles. The third-order valence-electron chi connectivity index (χ3n) is 3.04. The van der Waals surface area contributed by atoms with E-state index < -0.39 is 0 Å². The van der Waals surface area contributed by atoms with Crippen LogP contribution in [0.2, 0.25) is 0 Å². The van der Waals surface area contributed by atoms with Gasteiger partial charge in [-0.2, -0.15) is 0 Å². The number of ether oxygens (including phenoxy) is 1. The lowest BCUT2D eigenvalue weighted by Gasteiger charge is -2.34. The molecule has 0 heterocycles. The summed E-state index contributed by atoms with van der Waals surface area (Å²) in [7, 11) is 1.78. The summed E-state index contributed by atoms with van der Waals surface area (Å²) in [6.45, 7) is 17.6. The highest BCUT2D eigenvalue weighted by atomic mass is 16.5. The Morgan fingerprint density at radius 3 is 2.22 bits per heavy atom. The Bertz CT molecular complexity index is 199. The van der Waals surface area contributed by atoms with Crippen molar-refractivity contribution in [3.63, 3.8) is 0 Å². The van der Waals surface area contributed by atoms with Crippen LogP contribution >= 0.6 is 0 Å². The van der Waals surface area contributed by atoms with E-state index >= 15 is 0 Å². The van der Waals surface area contributed by atoms with Gasteiger partial charge in [0.05, 0.1) is 6.61 Å². The van der Waals surface area contributed by atoms with Crippen molar-refractivity contribution < 1.29 is 4.74 Å². The van der Waals surface area contributed by atoms with Crippen molar-refractivity contribution >= 4 is 0 Å². The first kappa shape index (κ1) is 17.9. The maximum absolute atomic E-state index is 5.23. The molecule has 3 heteroatoms. The minimum Gasteiger partial charge on any atom is -0.383 e. The first-order valence-corrected chi connectivity index (χ1v) is 7.28.